The second-order valence-electron chi connectivity index (χ2n) is 27.0. The van der Waals surface area contributed by atoms with E-state index in [0.717, 1.165) is 57.8 Å². The molecular weight excluding hydrogens is 1070 g/mol. The number of ether oxygens (including phenoxy) is 1. The molecular formula is C81H153NO5. The van der Waals surface area contributed by atoms with Crippen molar-refractivity contribution in [3.63, 3.8) is 0 Å². The molecule has 0 spiro atoms. The molecule has 0 aliphatic rings. The van der Waals surface area contributed by atoms with E-state index in [1.165, 1.54) is 340 Å². The van der Waals surface area contributed by atoms with Gasteiger partial charge in [0.15, 0.2) is 0 Å². The fourth-order valence-electron chi connectivity index (χ4n) is 12.4. The lowest BCUT2D eigenvalue weighted by Gasteiger charge is -2.22. The molecule has 6 heteroatoms. The molecule has 1 amide bonds. The van der Waals surface area contributed by atoms with Gasteiger partial charge in [-0.05, 0) is 89.9 Å². The molecule has 2 atom stereocenters. The van der Waals surface area contributed by atoms with Gasteiger partial charge in [-0.3, -0.25) is 9.59 Å². The van der Waals surface area contributed by atoms with Crippen LogP contribution in [-0.2, 0) is 14.3 Å². The van der Waals surface area contributed by atoms with E-state index < -0.39 is 12.1 Å². The van der Waals surface area contributed by atoms with Gasteiger partial charge in [0.05, 0.1) is 25.4 Å². The van der Waals surface area contributed by atoms with Crippen LogP contribution in [0.25, 0.3) is 0 Å². The summed E-state index contributed by atoms with van der Waals surface area (Å²) in [5, 5.41) is 23.4. The summed E-state index contributed by atoms with van der Waals surface area (Å²) in [7, 11) is 0. The van der Waals surface area contributed by atoms with Gasteiger partial charge in [-0.1, -0.05) is 377 Å². The van der Waals surface area contributed by atoms with E-state index in [1.54, 1.807) is 0 Å². The maximum atomic E-state index is 12.5. The molecule has 6 nitrogen and oxygen atoms in total. The van der Waals surface area contributed by atoms with Gasteiger partial charge in [-0.15, -0.1) is 0 Å². The Labute approximate surface area is 544 Å². The standard InChI is InChI=1S/C81H153NO5/c1-3-5-7-9-11-13-15-17-19-20-43-47-51-55-59-63-67-71-75-81(86)87-76-72-68-64-60-56-52-48-44-41-39-37-35-33-31-29-27-25-23-21-22-24-26-28-30-32-34-36-38-40-42-46-50-54-58-62-66-70-74-80(85)82-78(77-83)79(84)73-69-65-61-57-53-49-45-18-16-14-12-10-8-6-4-2/h13,15,19-21,23,27,29,78-79,83-84H,3-12,14,16-18,22,24-26,28,30-77H2,1-2H3,(H,82,85)/b15-13-,20-19-,23-21-,29-27-. The zero-order valence-electron chi connectivity index (χ0n) is 58.8. The third-order valence-electron chi connectivity index (χ3n) is 18.4. The van der Waals surface area contributed by atoms with Gasteiger partial charge >= 0.3 is 5.97 Å². The maximum Gasteiger partial charge on any atom is 0.305 e. The van der Waals surface area contributed by atoms with Gasteiger partial charge in [0.2, 0.25) is 5.91 Å². The summed E-state index contributed by atoms with van der Waals surface area (Å²) in [6.45, 7) is 4.97. The predicted octanol–water partition coefficient (Wildman–Crippen LogP) is 26.0. The first-order valence-corrected chi connectivity index (χ1v) is 39.4. The van der Waals surface area contributed by atoms with Crippen molar-refractivity contribution in [2.75, 3.05) is 13.2 Å². The summed E-state index contributed by atoms with van der Waals surface area (Å²) in [5.41, 5.74) is 0. The second-order valence-corrected chi connectivity index (χ2v) is 27.0. The van der Waals surface area contributed by atoms with Crippen molar-refractivity contribution < 1.29 is 24.5 Å². The lowest BCUT2D eigenvalue weighted by atomic mass is 10.0. The Kier molecular flexibility index (Phi) is 74.4. The maximum absolute atomic E-state index is 12.5. The van der Waals surface area contributed by atoms with E-state index in [4.69, 9.17) is 4.74 Å². The average molecular weight is 1220 g/mol. The Morgan fingerprint density at radius 1 is 0.322 bits per heavy atom. The molecule has 0 aromatic carbocycles. The topological polar surface area (TPSA) is 95.9 Å². The highest BCUT2D eigenvalue weighted by atomic mass is 16.5. The number of amides is 1. The number of esters is 1. The monoisotopic (exact) mass is 1220 g/mol. The molecule has 0 aliphatic carbocycles. The minimum absolute atomic E-state index is 0.0118. The molecule has 0 bridgehead atoms. The minimum atomic E-state index is -0.663. The summed E-state index contributed by atoms with van der Waals surface area (Å²) in [5.74, 6) is -0.0176. The van der Waals surface area contributed by atoms with Gasteiger partial charge in [0.25, 0.3) is 0 Å². The van der Waals surface area contributed by atoms with Crippen LogP contribution in [0.2, 0.25) is 0 Å². The Morgan fingerprint density at radius 3 is 0.885 bits per heavy atom. The van der Waals surface area contributed by atoms with Gasteiger partial charge < -0.3 is 20.3 Å². The van der Waals surface area contributed by atoms with Crippen molar-refractivity contribution in [2.45, 2.75) is 443 Å². The highest BCUT2D eigenvalue weighted by Gasteiger charge is 2.20. The Balaban J connectivity index is 3.35. The van der Waals surface area contributed by atoms with Crippen LogP contribution in [0.4, 0.5) is 0 Å². The van der Waals surface area contributed by atoms with Crippen LogP contribution in [0.1, 0.15) is 431 Å². The molecule has 0 aromatic heterocycles. The average Bonchev–Trinajstić information content (AvgIpc) is 3.56. The molecule has 87 heavy (non-hydrogen) atoms. The molecule has 0 saturated carbocycles. The van der Waals surface area contributed by atoms with Gasteiger partial charge in [-0.25, -0.2) is 0 Å². The Hall–Kier alpha value is -2.18. The van der Waals surface area contributed by atoms with Crippen LogP contribution >= 0.6 is 0 Å². The summed E-state index contributed by atoms with van der Waals surface area (Å²) in [6.07, 6.45) is 101. The largest absolute Gasteiger partial charge is 0.466 e. The number of aliphatic hydroxyl groups is 2. The van der Waals surface area contributed by atoms with Crippen molar-refractivity contribution in [2.24, 2.45) is 0 Å². The third-order valence-corrected chi connectivity index (χ3v) is 18.4. The smallest absolute Gasteiger partial charge is 0.305 e. The molecule has 0 fully saturated rings. The Bertz CT molecular complexity index is 1450. The fraction of sp³-hybridized carbons (Fsp3) is 0.877. The minimum Gasteiger partial charge on any atom is -0.466 e. The molecule has 0 radical (unpaired) electrons. The first kappa shape index (κ1) is 84.8. The number of aliphatic hydroxyl groups excluding tert-OH is 2. The number of hydrogen-bond donors (Lipinski definition) is 3. The number of unbranched alkanes of at least 4 members (excludes halogenated alkanes) is 55. The van der Waals surface area contributed by atoms with Crippen LogP contribution in [0.5, 0.6) is 0 Å². The van der Waals surface area contributed by atoms with Crippen molar-refractivity contribution in [1.82, 2.24) is 5.32 Å². The quantitative estimate of drug-likeness (QED) is 0.0320. The first-order valence-electron chi connectivity index (χ1n) is 39.4. The number of allylic oxidation sites excluding steroid dienone is 8. The van der Waals surface area contributed by atoms with Crippen molar-refractivity contribution in [1.29, 1.82) is 0 Å². The normalized spacial score (nSPS) is 12.7. The molecule has 3 N–H and O–H groups in total. The first-order chi connectivity index (χ1) is 43.0. The van der Waals surface area contributed by atoms with Crippen molar-refractivity contribution in [3.8, 4) is 0 Å². The van der Waals surface area contributed by atoms with Gasteiger partial charge in [-0.2, -0.15) is 0 Å². The van der Waals surface area contributed by atoms with E-state index in [0.29, 0.717) is 25.9 Å². The number of rotatable bonds is 74. The molecule has 0 aromatic rings. The van der Waals surface area contributed by atoms with Crippen molar-refractivity contribution >= 4 is 11.9 Å². The summed E-state index contributed by atoms with van der Waals surface area (Å²) >= 11 is 0. The Morgan fingerprint density at radius 2 is 0.575 bits per heavy atom. The summed E-state index contributed by atoms with van der Waals surface area (Å²) in [4.78, 5) is 24.6. The fourth-order valence-corrected chi connectivity index (χ4v) is 12.4. The third kappa shape index (κ3) is 72.8. The molecule has 512 valence electrons. The molecule has 2 unspecified atom stereocenters. The zero-order valence-corrected chi connectivity index (χ0v) is 58.8. The van der Waals surface area contributed by atoms with Crippen LogP contribution in [0.3, 0.4) is 0 Å². The van der Waals surface area contributed by atoms with E-state index in [-0.39, 0.29) is 18.5 Å². The molecule has 0 heterocycles. The highest BCUT2D eigenvalue weighted by molar-refractivity contribution is 5.76. The van der Waals surface area contributed by atoms with Crippen LogP contribution in [-0.4, -0.2) is 47.4 Å². The van der Waals surface area contributed by atoms with E-state index in [2.05, 4.69) is 67.8 Å². The van der Waals surface area contributed by atoms with Crippen LogP contribution in [0.15, 0.2) is 48.6 Å². The molecule has 0 rings (SSSR count). The lowest BCUT2D eigenvalue weighted by Crippen LogP contribution is -2.45. The molecule has 0 aliphatic heterocycles. The number of carbonyl (C=O) groups excluding carboxylic acids is 2. The van der Waals surface area contributed by atoms with E-state index >= 15 is 0 Å². The predicted molar refractivity (Wildman–Crippen MR) is 384 cm³/mol. The van der Waals surface area contributed by atoms with Gasteiger partial charge in [0, 0.05) is 12.8 Å². The zero-order chi connectivity index (χ0) is 62.8. The summed E-state index contributed by atoms with van der Waals surface area (Å²) in [6, 6.07) is -0.540. The molecule has 0 saturated heterocycles. The van der Waals surface area contributed by atoms with Crippen LogP contribution < -0.4 is 5.32 Å². The van der Waals surface area contributed by atoms with Gasteiger partial charge in [0.1, 0.15) is 0 Å². The van der Waals surface area contributed by atoms with E-state index in [1.807, 2.05) is 0 Å². The lowest BCUT2D eigenvalue weighted by molar-refractivity contribution is -0.143. The second kappa shape index (κ2) is 76.3. The number of carbonyl (C=O) groups is 2. The van der Waals surface area contributed by atoms with Crippen LogP contribution in [0, 0.1) is 0 Å². The number of hydrogen-bond acceptors (Lipinski definition) is 5. The highest BCUT2D eigenvalue weighted by Crippen LogP contribution is 2.19. The SMILES string of the molecule is CCCCCC/C=C\C/C=C\CCCCCCCCCC(=O)OCCCCCCCCCCCCCCC/C=C\C/C=C\CCCCCCCCCCCCCCCCCCCC(=O)NC(CO)C(O)CCCCCCCCCCCCCCCCC. The van der Waals surface area contributed by atoms with Crippen molar-refractivity contribution in [3.05, 3.63) is 48.6 Å². The summed E-state index contributed by atoms with van der Waals surface area (Å²) < 4.78 is 5.51. The van der Waals surface area contributed by atoms with E-state index in [9.17, 15) is 19.8 Å². The number of nitrogens with one attached hydrogen (secondary N) is 1.